The number of halogens is 2. The van der Waals surface area contributed by atoms with Crippen molar-refractivity contribution in [1.82, 2.24) is 14.5 Å². The molecular formula is C16H15ClFN3. The van der Waals surface area contributed by atoms with Crippen molar-refractivity contribution in [1.29, 1.82) is 0 Å². The summed E-state index contributed by atoms with van der Waals surface area (Å²) in [6.07, 6.45) is 3.51. The quantitative estimate of drug-likeness (QED) is 0.678. The van der Waals surface area contributed by atoms with Crippen molar-refractivity contribution >= 4 is 22.6 Å². The Morgan fingerprint density at radius 3 is 2.67 bits per heavy atom. The average Bonchev–Trinajstić information content (AvgIpc) is 2.79. The molecule has 1 atom stereocenters. The third-order valence-corrected chi connectivity index (χ3v) is 3.70. The van der Waals surface area contributed by atoms with Crippen LogP contribution in [-0.2, 0) is 6.54 Å². The van der Waals surface area contributed by atoms with Gasteiger partial charge in [-0.15, -0.1) is 11.6 Å². The third kappa shape index (κ3) is 2.63. The van der Waals surface area contributed by atoms with E-state index >= 15 is 0 Å². The Kier molecular flexibility index (Phi) is 3.64. The number of aromatic nitrogens is 3. The molecule has 108 valence electrons. The van der Waals surface area contributed by atoms with Gasteiger partial charge in [0.15, 0.2) is 0 Å². The van der Waals surface area contributed by atoms with Crippen molar-refractivity contribution in [3.63, 3.8) is 0 Å². The zero-order valence-electron chi connectivity index (χ0n) is 11.8. The Hall–Kier alpha value is -1.94. The summed E-state index contributed by atoms with van der Waals surface area (Å²) in [5.41, 5.74) is 3.24. The van der Waals surface area contributed by atoms with Crippen molar-refractivity contribution in [3.8, 4) is 0 Å². The molecule has 3 aromatic rings. The summed E-state index contributed by atoms with van der Waals surface area (Å²) < 4.78 is 15.8. The Morgan fingerprint density at radius 2 is 2.00 bits per heavy atom. The number of fused-ring (bicyclic) bond motifs is 1. The molecule has 0 radical (unpaired) electrons. The Morgan fingerprint density at radius 1 is 1.29 bits per heavy atom. The predicted molar refractivity (Wildman–Crippen MR) is 82.0 cm³/mol. The van der Waals surface area contributed by atoms with Crippen molar-refractivity contribution in [3.05, 3.63) is 59.4 Å². The lowest BCUT2D eigenvalue weighted by Crippen LogP contribution is -2.06. The van der Waals surface area contributed by atoms with Gasteiger partial charge in [-0.3, -0.25) is 4.98 Å². The molecule has 1 aromatic carbocycles. The second kappa shape index (κ2) is 5.45. The molecule has 0 saturated carbocycles. The minimum absolute atomic E-state index is 0.246. The van der Waals surface area contributed by atoms with Crippen LogP contribution in [0.5, 0.6) is 0 Å². The maximum atomic E-state index is 13.7. The van der Waals surface area contributed by atoms with Gasteiger partial charge in [0.05, 0.1) is 16.4 Å². The Balaban J connectivity index is 2.18. The molecule has 0 bridgehead atoms. The van der Waals surface area contributed by atoms with E-state index < -0.39 is 0 Å². The number of pyridine rings is 1. The molecule has 0 spiro atoms. The molecule has 2 aromatic heterocycles. The van der Waals surface area contributed by atoms with Crippen molar-refractivity contribution in [2.24, 2.45) is 0 Å². The van der Waals surface area contributed by atoms with E-state index in [2.05, 4.69) is 9.97 Å². The van der Waals surface area contributed by atoms with Crippen LogP contribution in [0.3, 0.4) is 0 Å². The van der Waals surface area contributed by atoms with Gasteiger partial charge < -0.3 is 4.57 Å². The second-order valence-electron chi connectivity index (χ2n) is 5.12. The summed E-state index contributed by atoms with van der Waals surface area (Å²) in [7, 11) is 0. The standard InChI is InChI=1S/C16H15ClFN3/c1-10-7-15-14(8-13(10)18)20-16(11(2)17)21(15)9-12-3-5-19-6-4-12/h3-8,11H,9H2,1-2H3. The van der Waals surface area contributed by atoms with Crippen LogP contribution in [0.1, 0.15) is 29.3 Å². The number of imidazole rings is 1. The van der Waals surface area contributed by atoms with Gasteiger partial charge in [-0.2, -0.15) is 0 Å². The lowest BCUT2D eigenvalue weighted by molar-refractivity contribution is 0.620. The number of nitrogens with zero attached hydrogens (tertiary/aromatic N) is 3. The first kappa shape index (κ1) is 14.0. The Bertz CT molecular complexity index is 781. The van der Waals surface area contributed by atoms with Gasteiger partial charge in [0, 0.05) is 25.0 Å². The fourth-order valence-corrected chi connectivity index (χ4v) is 2.58. The van der Waals surface area contributed by atoms with Gasteiger partial charge in [-0.05, 0) is 43.2 Å². The maximum Gasteiger partial charge on any atom is 0.128 e. The summed E-state index contributed by atoms with van der Waals surface area (Å²) in [5.74, 6) is 0.498. The minimum atomic E-state index is -0.248. The van der Waals surface area contributed by atoms with Gasteiger partial charge in [0.1, 0.15) is 11.6 Å². The minimum Gasteiger partial charge on any atom is -0.322 e. The summed E-state index contributed by atoms with van der Waals surface area (Å²) in [6, 6.07) is 7.19. The number of hydrogen-bond donors (Lipinski definition) is 0. The lowest BCUT2D eigenvalue weighted by atomic mass is 10.2. The molecule has 2 heterocycles. The van der Waals surface area contributed by atoms with Crippen LogP contribution in [0, 0.1) is 12.7 Å². The van der Waals surface area contributed by atoms with E-state index in [-0.39, 0.29) is 11.2 Å². The first-order valence-corrected chi connectivity index (χ1v) is 7.19. The van der Waals surface area contributed by atoms with Crippen molar-refractivity contribution in [2.45, 2.75) is 25.8 Å². The molecule has 3 nitrogen and oxygen atoms in total. The highest BCUT2D eigenvalue weighted by Gasteiger charge is 2.16. The van der Waals surface area contributed by atoms with E-state index in [4.69, 9.17) is 11.6 Å². The normalized spacial score (nSPS) is 12.8. The van der Waals surface area contributed by atoms with E-state index in [1.165, 1.54) is 6.07 Å². The molecule has 0 fully saturated rings. The van der Waals surface area contributed by atoms with Gasteiger partial charge in [-0.1, -0.05) is 0 Å². The number of rotatable bonds is 3. The van der Waals surface area contributed by atoms with Crippen LogP contribution in [-0.4, -0.2) is 14.5 Å². The highest BCUT2D eigenvalue weighted by molar-refractivity contribution is 6.20. The van der Waals surface area contributed by atoms with Crippen LogP contribution in [0.4, 0.5) is 4.39 Å². The fourth-order valence-electron chi connectivity index (χ4n) is 2.41. The zero-order valence-corrected chi connectivity index (χ0v) is 12.6. The monoisotopic (exact) mass is 303 g/mol. The molecule has 0 amide bonds. The molecule has 0 aliphatic heterocycles. The Labute approximate surface area is 127 Å². The van der Waals surface area contributed by atoms with E-state index in [0.29, 0.717) is 17.6 Å². The van der Waals surface area contributed by atoms with Crippen molar-refractivity contribution < 1.29 is 4.39 Å². The van der Waals surface area contributed by atoms with Gasteiger partial charge in [-0.25, -0.2) is 9.37 Å². The summed E-state index contributed by atoms with van der Waals surface area (Å²) in [6.45, 7) is 4.26. The lowest BCUT2D eigenvalue weighted by Gasteiger charge is -2.11. The first-order valence-electron chi connectivity index (χ1n) is 6.75. The maximum absolute atomic E-state index is 13.7. The smallest absolute Gasteiger partial charge is 0.128 e. The van der Waals surface area contributed by atoms with Crippen LogP contribution in [0.15, 0.2) is 36.7 Å². The van der Waals surface area contributed by atoms with Gasteiger partial charge in [0.2, 0.25) is 0 Å². The molecule has 0 aliphatic rings. The molecule has 0 N–H and O–H groups in total. The largest absolute Gasteiger partial charge is 0.322 e. The van der Waals surface area contributed by atoms with Crippen LogP contribution < -0.4 is 0 Å². The van der Waals surface area contributed by atoms with E-state index in [1.54, 1.807) is 19.3 Å². The average molecular weight is 304 g/mol. The summed E-state index contributed by atoms with van der Waals surface area (Å²) in [4.78, 5) is 8.51. The SMILES string of the molecule is Cc1cc2c(cc1F)nc(C(C)Cl)n2Cc1ccncc1. The fraction of sp³-hybridized carbons (Fsp3) is 0.250. The molecule has 5 heteroatoms. The van der Waals surface area contributed by atoms with Crippen LogP contribution in [0.2, 0.25) is 0 Å². The third-order valence-electron chi connectivity index (χ3n) is 3.50. The van der Waals surface area contributed by atoms with E-state index in [0.717, 1.165) is 16.9 Å². The number of hydrogen-bond acceptors (Lipinski definition) is 2. The highest BCUT2D eigenvalue weighted by atomic mass is 35.5. The summed E-state index contributed by atoms with van der Waals surface area (Å²) in [5, 5.41) is -0.248. The predicted octanol–water partition coefficient (Wildman–Crippen LogP) is 4.23. The molecule has 3 rings (SSSR count). The number of alkyl halides is 1. The molecule has 0 saturated heterocycles. The van der Waals surface area contributed by atoms with Gasteiger partial charge >= 0.3 is 0 Å². The summed E-state index contributed by atoms with van der Waals surface area (Å²) >= 11 is 6.24. The number of benzene rings is 1. The van der Waals surface area contributed by atoms with Crippen molar-refractivity contribution in [2.75, 3.05) is 0 Å². The molecule has 1 unspecified atom stereocenters. The zero-order chi connectivity index (χ0) is 15.0. The first-order chi connectivity index (χ1) is 10.1. The van der Waals surface area contributed by atoms with Gasteiger partial charge in [0.25, 0.3) is 0 Å². The van der Waals surface area contributed by atoms with E-state index in [9.17, 15) is 4.39 Å². The molecular weight excluding hydrogens is 289 g/mol. The highest BCUT2D eigenvalue weighted by Crippen LogP contribution is 2.27. The second-order valence-corrected chi connectivity index (χ2v) is 5.77. The van der Waals surface area contributed by atoms with E-state index in [1.807, 2.05) is 29.7 Å². The molecule has 0 aliphatic carbocycles. The van der Waals surface area contributed by atoms with Crippen LogP contribution >= 0.6 is 11.6 Å². The number of aryl methyl sites for hydroxylation is 1. The molecule has 21 heavy (non-hydrogen) atoms. The van der Waals surface area contributed by atoms with Crippen LogP contribution in [0.25, 0.3) is 11.0 Å². The topological polar surface area (TPSA) is 30.7 Å².